The molecular weight excluding hydrogens is 428 g/mol. The summed E-state index contributed by atoms with van der Waals surface area (Å²) in [6.07, 6.45) is 0. The van der Waals surface area contributed by atoms with Crippen molar-refractivity contribution in [2.45, 2.75) is 13.5 Å². The Balaban J connectivity index is 1.60. The molecule has 0 radical (unpaired) electrons. The Morgan fingerprint density at radius 1 is 1.09 bits per heavy atom. The molecule has 0 amide bonds. The van der Waals surface area contributed by atoms with E-state index in [0.29, 0.717) is 27.5 Å². The van der Waals surface area contributed by atoms with E-state index in [-0.39, 0.29) is 18.0 Å². The van der Waals surface area contributed by atoms with Crippen LogP contribution in [-0.4, -0.2) is 26.4 Å². The molecule has 0 spiro atoms. The highest BCUT2D eigenvalue weighted by molar-refractivity contribution is 7.17. The summed E-state index contributed by atoms with van der Waals surface area (Å²) in [6, 6.07) is 16.3. The third kappa shape index (κ3) is 3.42. The Morgan fingerprint density at radius 2 is 1.91 bits per heavy atom. The first-order valence-corrected chi connectivity index (χ1v) is 10.7. The van der Waals surface area contributed by atoms with Crippen LogP contribution in [-0.2, 0) is 6.54 Å². The van der Waals surface area contributed by atoms with Crippen molar-refractivity contribution in [3.63, 3.8) is 0 Å². The zero-order chi connectivity index (χ0) is 22.2. The predicted octanol–water partition coefficient (Wildman–Crippen LogP) is 3.63. The maximum absolute atomic E-state index is 13.4. The molecule has 5 aromatic rings. The lowest BCUT2D eigenvalue weighted by atomic mass is 10.2. The van der Waals surface area contributed by atoms with E-state index in [2.05, 4.69) is 10.1 Å². The van der Waals surface area contributed by atoms with Gasteiger partial charge in [0.05, 0.1) is 18.3 Å². The molecule has 0 aliphatic rings. The van der Waals surface area contributed by atoms with Gasteiger partial charge in [0.2, 0.25) is 11.7 Å². The van der Waals surface area contributed by atoms with E-state index in [1.54, 1.807) is 36.8 Å². The molecule has 0 aliphatic carbocycles. The average Bonchev–Trinajstić information content (AvgIpc) is 3.48. The summed E-state index contributed by atoms with van der Waals surface area (Å²) in [7, 11) is 1.59. The lowest BCUT2D eigenvalue weighted by molar-refractivity contribution is 0.370. The van der Waals surface area contributed by atoms with Gasteiger partial charge in [0.15, 0.2) is 0 Å². The van der Waals surface area contributed by atoms with Crippen molar-refractivity contribution in [1.82, 2.24) is 19.3 Å². The minimum absolute atomic E-state index is 0.0369. The number of rotatable bonds is 5. The lowest BCUT2D eigenvalue weighted by Crippen LogP contribution is -2.38. The number of nitrogens with zero attached hydrogens (tertiary/aromatic N) is 4. The quantitative estimate of drug-likeness (QED) is 0.409. The number of aryl methyl sites for hydroxylation is 1. The second-order valence-corrected chi connectivity index (χ2v) is 8.14. The average molecular weight is 446 g/mol. The molecule has 0 N–H and O–H groups in total. The number of thiophene rings is 1. The molecule has 160 valence electrons. The van der Waals surface area contributed by atoms with E-state index in [1.807, 2.05) is 37.3 Å². The van der Waals surface area contributed by atoms with Crippen molar-refractivity contribution < 1.29 is 9.26 Å². The van der Waals surface area contributed by atoms with Gasteiger partial charge in [-0.15, -0.1) is 11.3 Å². The van der Waals surface area contributed by atoms with Crippen LogP contribution < -0.4 is 16.0 Å². The Kier molecular flexibility index (Phi) is 4.95. The van der Waals surface area contributed by atoms with E-state index in [0.717, 1.165) is 11.1 Å². The molecule has 0 atom stereocenters. The smallest absolute Gasteiger partial charge is 0.336 e. The van der Waals surface area contributed by atoms with Crippen molar-refractivity contribution in [3.05, 3.63) is 92.3 Å². The van der Waals surface area contributed by atoms with Crippen molar-refractivity contribution in [2.75, 3.05) is 7.11 Å². The zero-order valence-corrected chi connectivity index (χ0v) is 18.1. The number of hydrogen-bond acceptors (Lipinski definition) is 7. The van der Waals surface area contributed by atoms with Gasteiger partial charge in [-0.1, -0.05) is 35.0 Å². The summed E-state index contributed by atoms with van der Waals surface area (Å²) >= 11 is 1.29. The Labute approximate surface area is 186 Å². The lowest BCUT2D eigenvalue weighted by Gasteiger charge is -2.11. The Bertz CT molecular complexity index is 1540. The van der Waals surface area contributed by atoms with Crippen molar-refractivity contribution in [1.29, 1.82) is 0 Å². The summed E-state index contributed by atoms with van der Waals surface area (Å²) in [4.78, 5) is 30.9. The number of methoxy groups -OCH3 is 1. The van der Waals surface area contributed by atoms with Crippen molar-refractivity contribution >= 4 is 21.6 Å². The van der Waals surface area contributed by atoms with Crippen LogP contribution in [0.4, 0.5) is 0 Å². The molecule has 2 aromatic carbocycles. The number of benzene rings is 2. The Hall–Kier alpha value is -3.98. The van der Waals surface area contributed by atoms with Gasteiger partial charge in [-0.25, -0.2) is 9.36 Å². The standard InChI is InChI=1S/C23H18N4O4S/c1-14-6-8-16(9-7-14)27-22(28)20-18(10-11-32-20)26(23(27)29)13-19-24-21(25-31-19)15-4-3-5-17(12-15)30-2/h3-12H,13H2,1-2H3. The van der Waals surface area contributed by atoms with Gasteiger partial charge >= 0.3 is 5.69 Å². The molecular formula is C23H18N4O4S. The molecule has 0 aliphatic heterocycles. The fourth-order valence-electron chi connectivity index (χ4n) is 3.50. The van der Waals surface area contributed by atoms with Gasteiger partial charge < -0.3 is 9.26 Å². The summed E-state index contributed by atoms with van der Waals surface area (Å²) < 4.78 is 13.8. The zero-order valence-electron chi connectivity index (χ0n) is 17.3. The first-order valence-electron chi connectivity index (χ1n) is 9.82. The van der Waals surface area contributed by atoms with Crippen molar-refractivity contribution in [3.8, 4) is 22.8 Å². The van der Waals surface area contributed by atoms with Crippen LogP contribution >= 0.6 is 11.3 Å². The number of ether oxygens (including phenoxy) is 1. The fraction of sp³-hybridized carbons (Fsp3) is 0.130. The molecule has 0 saturated heterocycles. The van der Waals surface area contributed by atoms with Crippen LogP contribution in [0.15, 0.2) is 74.1 Å². The highest BCUT2D eigenvalue weighted by atomic mass is 32.1. The first-order chi connectivity index (χ1) is 15.5. The third-order valence-electron chi connectivity index (χ3n) is 5.14. The highest BCUT2D eigenvalue weighted by Gasteiger charge is 2.18. The predicted molar refractivity (Wildman–Crippen MR) is 122 cm³/mol. The van der Waals surface area contributed by atoms with Gasteiger partial charge in [0.1, 0.15) is 17.0 Å². The van der Waals surface area contributed by atoms with E-state index >= 15 is 0 Å². The summed E-state index contributed by atoms with van der Waals surface area (Å²) in [5.74, 6) is 1.32. The molecule has 3 heterocycles. The van der Waals surface area contributed by atoms with Crippen LogP contribution in [0.2, 0.25) is 0 Å². The summed E-state index contributed by atoms with van der Waals surface area (Å²) in [6.45, 7) is 1.98. The monoisotopic (exact) mass is 446 g/mol. The normalized spacial score (nSPS) is 11.2. The molecule has 32 heavy (non-hydrogen) atoms. The third-order valence-corrected chi connectivity index (χ3v) is 6.03. The minimum atomic E-state index is -0.467. The second kappa shape index (κ2) is 7.93. The van der Waals surface area contributed by atoms with Crippen LogP contribution in [0, 0.1) is 6.92 Å². The van der Waals surface area contributed by atoms with E-state index in [9.17, 15) is 9.59 Å². The van der Waals surface area contributed by atoms with Crippen LogP contribution in [0.25, 0.3) is 27.3 Å². The summed E-state index contributed by atoms with van der Waals surface area (Å²) in [5, 5.41) is 5.83. The summed E-state index contributed by atoms with van der Waals surface area (Å²) in [5.41, 5.74) is 2.01. The molecule has 0 saturated carbocycles. The fourth-order valence-corrected chi connectivity index (χ4v) is 4.32. The maximum Gasteiger partial charge on any atom is 0.336 e. The van der Waals surface area contributed by atoms with Gasteiger partial charge in [0, 0.05) is 5.56 Å². The number of fused-ring (bicyclic) bond motifs is 1. The van der Waals surface area contributed by atoms with Crippen molar-refractivity contribution in [2.24, 2.45) is 0 Å². The molecule has 0 unspecified atom stereocenters. The molecule has 0 bridgehead atoms. The maximum atomic E-state index is 13.4. The van der Waals surface area contributed by atoms with Crippen LogP contribution in [0.1, 0.15) is 11.5 Å². The first kappa shape index (κ1) is 20.0. The van der Waals surface area contributed by atoms with E-state index in [1.165, 1.54) is 20.5 Å². The molecule has 9 heteroatoms. The molecule has 0 fully saturated rings. The SMILES string of the molecule is COc1cccc(-c2noc(Cn3c(=O)n(-c4ccc(C)cc4)c(=O)c4sccc43)n2)c1. The van der Waals surface area contributed by atoms with E-state index < -0.39 is 5.69 Å². The largest absolute Gasteiger partial charge is 0.497 e. The van der Waals surface area contributed by atoms with Gasteiger partial charge in [-0.3, -0.25) is 9.36 Å². The van der Waals surface area contributed by atoms with Gasteiger partial charge in [-0.2, -0.15) is 4.98 Å². The number of aromatic nitrogens is 4. The topological polar surface area (TPSA) is 92.2 Å². The van der Waals surface area contributed by atoms with Crippen LogP contribution in [0.3, 0.4) is 0 Å². The van der Waals surface area contributed by atoms with Gasteiger partial charge in [-0.05, 0) is 42.6 Å². The number of hydrogen-bond donors (Lipinski definition) is 0. The second-order valence-electron chi connectivity index (χ2n) is 7.22. The molecule has 3 aromatic heterocycles. The molecule has 5 rings (SSSR count). The Morgan fingerprint density at radius 3 is 2.69 bits per heavy atom. The van der Waals surface area contributed by atoms with E-state index in [4.69, 9.17) is 9.26 Å². The highest BCUT2D eigenvalue weighted by Crippen LogP contribution is 2.22. The van der Waals surface area contributed by atoms with Gasteiger partial charge in [0.25, 0.3) is 5.56 Å². The minimum Gasteiger partial charge on any atom is -0.497 e. The molecule has 8 nitrogen and oxygen atoms in total. The van der Waals surface area contributed by atoms with Crippen LogP contribution in [0.5, 0.6) is 5.75 Å².